The smallest absolute Gasteiger partial charge is 0.251 e. The van der Waals surface area contributed by atoms with Crippen LogP contribution in [0.3, 0.4) is 0 Å². The second-order valence-electron chi connectivity index (χ2n) is 8.69. The summed E-state index contributed by atoms with van der Waals surface area (Å²) >= 11 is 0. The first-order chi connectivity index (χ1) is 16.4. The molecule has 0 aliphatic carbocycles. The van der Waals surface area contributed by atoms with Gasteiger partial charge in [-0.25, -0.2) is 4.39 Å². The average molecular weight is 469 g/mol. The number of amides is 3. The van der Waals surface area contributed by atoms with Gasteiger partial charge >= 0.3 is 0 Å². The van der Waals surface area contributed by atoms with E-state index in [0.29, 0.717) is 50.2 Å². The fourth-order valence-corrected chi connectivity index (χ4v) is 4.55. The van der Waals surface area contributed by atoms with Gasteiger partial charge in [0.1, 0.15) is 11.6 Å². The number of ether oxygens (including phenoxy) is 1. The number of nitrogens with zero attached hydrogens (tertiary/aromatic N) is 1. The minimum absolute atomic E-state index is 0.0159. The second-order valence-corrected chi connectivity index (χ2v) is 8.69. The lowest BCUT2D eigenvalue weighted by Crippen LogP contribution is -2.58. The van der Waals surface area contributed by atoms with Crippen LogP contribution in [0.4, 0.5) is 4.39 Å². The molecule has 3 amide bonds. The van der Waals surface area contributed by atoms with Crippen molar-refractivity contribution in [3.8, 4) is 5.75 Å². The molecule has 2 fully saturated rings. The lowest BCUT2D eigenvalue weighted by Gasteiger charge is -2.37. The van der Waals surface area contributed by atoms with Crippen LogP contribution in [0.5, 0.6) is 5.75 Å². The number of halogens is 1. The molecule has 2 heterocycles. The predicted molar refractivity (Wildman–Crippen MR) is 124 cm³/mol. The molecule has 0 unspecified atom stereocenters. The maximum Gasteiger partial charge on any atom is 0.251 e. The number of hydrogen-bond donors (Lipinski definition) is 3. The first-order valence-electron chi connectivity index (χ1n) is 11.4. The molecule has 2 aromatic carbocycles. The highest BCUT2D eigenvalue weighted by Crippen LogP contribution is 2.26. The van der Waals surface area contributed by atoms with Gasteiger partial charge in [-0.15, -0.1) is 0 Å². The number of benzene rings is 2. The third kappa shape index (κ3) is 5.72. The van der Waals surface area contributed by atoms with E-state index in [1.807, 2.05) is 0 Å². The van der Waals surface area contributed by atoms with Crippen molar-refractivity contribution < 1.29 is 23.5 Å². The monoisotopic (exact) mass is 468 g/mol. The minimum Gasteiger partial charge on any atom is -0.497 e. The standard InChI is InChI=1S/C25H29FN4O4/c1-34-21-9-4-17(5-10-21)24(32)29-19-12-22-25(33)28-14-20(30(22)15-19)8-11-23(31)27-13-16-2-6-18(26)7-3-16/h2-7,9-10,19-20,22H,8,11-15H2,1H3,(H,27,31)(H,28,33)(H,29,32)/t19-,20+,22-/m0/s1. The SMILES string of the molecule is COc1ccc(C(=O)N[C@H]2C[C@H]3C(=O)NC[C@@H](CCC(=O)NCc4ccc(F)cc4)N3C2)cc1. The molecule has 2 aromatic rings. The van der Waals surface area contributed by atoms with Crippen molar-refractivity contribution >= 4 is 17.7 Å². The first-order valence-corrected chi connectivity index (χ1v) is 11.4. The maximum absolute atomic E-state index is 13.0. The molecule has 0 bridgehead atoms. The Labute approximate surface area is 197 Å². The number of piperazine rings is 1. The summed E-state index contributed by atoms with van der Waals surface area (Å²) in [6, 6.07) is 12.4. The molecule has 0 radical (unpaired) electrons. The van der Waals surface area contributed by atoms with E-state index >= 15 is 0 Å². The maximum atomic E-state index is 13.0. The summed E-state index contributed by atoms with van der Waals surface area (Å²) in [6.45, 7) is 1.37. The summed E-state index contributed by atoms with van der Waals surface area (Å²) in [5, 5.41) is 8.82. The van der Waals surface area contributed by atoms with Crippen LogP contribution < -0.4 is 20.7 Å². The van der Waals surface area contributed by atoms with E-state index in [0.717, 1.165) is 5.56 Å². The van der Waals surface area contributed by atoms with Gasteiger partial charge in [0.2, 0.25) is 11.8 Å². The summed E-state index contributed by atoms with van der Waals surface area (Å²) < 4.78 is 18.1. The zero-order valence-electron chi connectivity index (χ0n) is 19.1. The highest BCUT2D eigenvalue weighted by molar-refractivity contribution is 5.94. The Morgan fingerprint density at radius 3 is 2.59 bits per heavy atom. The highest BCUT2D eigenvalue weighted by atomic mass is 19.1. The van der Waals surface area contributed by atoms with Gasteiger partial charge in [0.15, 0.2) is 0 Å². The van der Waals surface area contributed by atoms with Crippen LogP contribution >= 0.6 is 0 Å². The van der Waals surface area contributed by atoms with Crippen molar-refractivity contribution in [2.24, 2.45) is 0 Å². The average Bonchev–Trinajstić information content (AvgIpc) is 3.28. The van der Waals surface area contributed by atoms with Gasteiger partial charge in [-0.05, 0) is 54.8 Å². The van der Waals surface area contributed by atoms with Crippen LogP contribution in [0.1, 0.15) is 35.2 Å². The molecular formula is C25H29FN4O4. The number of nitrogens with one attached hydrogen (secondary N) is 3. The molecule has 3 atom stereocenters. The van der Waals surface area contributed by atoms with E-state index in [1.165, 1.54) is 12.1 Å². The Bertz CT molecular complexity index is 1030. The van der Waals surface area contributed by atoms with Gasteiger partial charge in [0.05, 0.1) is 13.2 Å². The molecule has 3 N–H and O–H groups in total. The molecule has 4 rings (SSSR count). The lowest BCUT2D eigenvalue weighted by atomic mass is 10.0. The number of methoxy groups -OCH3 is 1. The Morgan fingerprint density at radius 1 is 1.15 bits per heavy atom. The Morgan fingerprint density at radius 2 is 1.88 bits per heavy atom. The van der Waals surface area contributed by atoms with E-state index in [-0.39, 0.29) is 41.7 Å². The number of carbonyl (C=O) groups excluding carboxylic acids is 3. The van der Waals surface area contributed by atoms with E-state index in [9.17, 15) is 18.8 Å². The second kappa shape index (κ2) is 10.6. The molecule has 34 heavy (non-hydrogen) atoms. The number of fused-ring (bicyclic) bond motifs is 1. The van der Waals surface area contributed by atoms with Crippen LogP contribution in [-0.2, 0) is 16.1 Å². The van der Waals surface area contributed by atoms with Crippen molar-refractivity contribution in [3.63, 3.8) is 0 Å². The van der Waals surface area contributed by atoms with Crippen LogP contribution in [0.2, 0.25) is 0 Å². The fraction of sp³-hybridized carbons (Fsp3) is 0.400. The Kier molecular flexibility index (Phi) is 7.42. The van der Waals surface area contributed by atoms with E-state index < -0.39 is 0 Å². The summed E-state index contributed by atoms with van der Waals surface area (Å²) in [5.41, 5.74) is 1.36. The van der Waals surface area contributed by atoms with Crippen molar-refractivity contribution in [1.82, 2.24) is 20.9 Å². The van der Waals surface area contributed by atoms with Crippen LogP contribution in [-0.4, -0.2) is 60.9 Å². The summed E-state index contributed by atoms with van der Waals surface area (Å²) in [6.07, 6.45) is 1.43. The lowest BCUT2D eigenvalue weighted by molar-refractivity contribution is -0.129. The molecular weight excluding hydrogens is 439 g/mol. The summed E-state index contributed by atoms with van der Waals surface area (Å²) in [4.78, 5) is 39.5. The molecule has 2 aliphatic heterocycles. The topological polar surface area (TPSA) is 99.8 Å². The minimum atomic E-state index is -0.317. The van der Waals surface area contributed by atoms with Gasteiger partial charge < -0.3 is 20.7 Å². The quantitative estimate of drug-likeness (QED) is 0.547. The van der Waals surface area contributed by atoms with Crippen molar-refractivity contribution in [1.29, 1.82) is 0 Å². The predicted octanol–water partition coefficient (Wildman–Crippen LogP) is 1.60. The van der Waals surface area contributed by atoms with Crippen LogP contribution in [0.15, 0.2) is 48.5 Å². The van der Waals surface area contributed by atoms with Gasteiger partial charge in [-0.1, -0.05) is 12.1 Å². The van der Waals surface area contributed by atoms with Gasteiger partial charge in [0, 0.05) is 43.7 Å². The number of rotatable bonds is 8. The Balaban J connectivity index is 1.28. The number of carbonyl (C=O) groups is 3. The Hall–Kier alpha value is -3.46. The normalized spacial score (nSPS) is 21.9. The molecule has 0 saturated carbocycles. The summed E-state index contributed by atoms with van der Waals surface area (Å²) in [5.74, 6) is 0.0352. The van der Waals surface area contributed by atoms with Gasteiger partial charge in [0.25, 0.3) is 5.91 Å². The first kappa shape index (κ1) is 23.7. The molecule has 8 nitrogen and oxygen atoms in total. The molecule has 9 heteroatoms. The van der Waals surface area contributed by atoms with Crippen LogP contribution in [0, 0.1) is 5.82 Å². The molecule has 0 spiro atoms. The van der Waals surface area contributed by atoms with E-state index in [4.69, 9.17) is 4.74 Å². The van der Waals surface area contributed by atoms with Crippen molar-refractivity contribution in [3.05, 3.63) is 65.5 Å². The van der Waals surface area contributed by atoms with Gasteiger partial charge in [-0.2, -0.15) is 0 Å². The molecule has 0 aromatic heterocycles. The van der Waals surface area contributed by atoms with Crippen LogP contribution in [0.25, 0.3) is 0 Å². The fourth-order valence-electron chi connectivity index (χ4n) is 4.55. The van der Waals surface area contributed by atoms with Gasteiger partial charge in [-0.3, -0.25) is 19.3 Å². The molecule has 2 saturated heterocycles. The van der Waals surface area contributed by atoms with Crippen molar-refractivity contribution in [2.45, 2.75) is 43.9 Å². The van der Waals surface area contributed by atoms with E-state index in [1.54, 1.807) is 43.5 Å². The molecule has 2 aliphatic rings. The third-order valence-electron chi connectivity index (χ3n) is 6.42. The number of hydrogen-bond acceptors (Lipinski definition) is 5. The largest absolute Gasteiger partial charge is 0.497 e. The van der Waals surface area contributed by atoms with E-state index in [2.05, 4.69) is 20.9 Å². The molecule has 180 valence electrons. The zero-order chi connectivity index (χ0) is 24.1. The summed E-state index contributed by atoms with van der Waals surface area (Å²) in [7, 11) is 1.57. The van der Waals surface area contributed by atoms with Crippen molar-refractivity contribution in [2.75, 3.05) is 20.2 Å². The zero-order valence-corrected chi connectivity index (χ0v) is 19.1. The third-order valence-corrected chi connectivity index (χ3v) is 6.42. The highest BCUT2D eigenvalue weighted by Gasteiger charge is 2.43.